The van der Waals surface area contributed by atoms with Crippen LogP contribution in [0.15, 0.2) is 88.6 Å². The summed E-state index contributed by atoms with van der Waals surface area (Å²) in [6, 6.07) is 24.7. The fraction of sp³-hybridized carbons (Fsp3) is 0.267. The summed E-state index contributed by atoms with van der Waals surface area (Å²) in [6.45, 7) is 5.50. The second kappa shape index (κ2) is 11.3. The third kappa shape index (κ3) is 5.02. The molecule has 8 heteroatoms. The van der Waals surface area contributed by atoms with Crippen molar-refractivity contribution in [1.82, 2.24) is 24.1 Å². The first kappa shape index (κ1) is 25.2. The van der Waals surface area contributed by atoms with Gasteiger partial charge in [0.15, 0.2) is 5.65 Å². The van der Waals surface area contributed by atoms with Gasteiger partial charge in [0.05, 0.1) is 0 Å². The number of aromatic nitrogens is 5. The van der Waals surface area contributed by atoms with Gasteiger partial charge in [-0.1, -0.05) is 74.5 Å². The van der Waals surface area contributed by atoms with Crippen molar-refractivity contribution in [2.75, 3.05) is 11.9 Å². The van der Waals surface area contributed by atoms with E-state index in [0.29, 0.717) is 43.0 Å². The van der Waals surface area contributed by atoms with E-state index in [1.807, 2.05) is 38.1 Å². The average molecular weight is 509 g/mol. The van der Waals surface area contributed by atoms with E-state index in [-0.39, 0.29) is 17.2 Å². The Hall–Kier alpha value is -4.46. The fourth-order valence-corrected chi connectivity index (χ4v) is 4.79. The molecule has 3 heterocycles. The lowest BCUT2D eigenvalue weighted by atomic mass is 9.91. The van der Waals surface area contributed by atoms with E-state index >= 15 is 0 Å². The first-order valence-electron chi connectivity index (χ1n) is 13.1. The molecule has 0 spiro atoms. The predicted octanol–water partition coefficient (Wildman–Crippen LogP) is 5.01. The molecule has 0 aliphatic rings. The highest BCUT2D eigenvalue weighted by molar-refractivity contribution is 5.75. The molecule has 5 aromatic rings. The first-order chi connectivity index (χ1) is 18.6. The van der Waals surface area contributed by atoms with Crippen LogP contribution in [0.1, 0.15) is 43.7 Å². The number of rotatable bonds is 10. The van der Waals surface area contributed by atoms with Gasteiger partial charge in [-0.15, -0.1) is 0 Å². The SMILES string of the molecule is CCCn1c(=O)c2[nH]c(-c3ccc(NCC(c4ccccc4)c4ccccc4)nc3)nc2n(CCC)c1=O. The molecule has 2 N–H and O–H groups in total. The number of nitrogens with one attached hydrogen (secondary N) is 2. The molecule has 0 saturated carbocycles. The molecule has 0 saturated heterocycles. The fourth-order valence-electron chi connectivity index (χ4n) is 4.79. The Morgan fingerprint density at radius 3 is 2.05 bits per heavy atom. The van der Waals surface area contributed by atoms with Crippen LogP contribution >= 0.6 is 0 Å². The Labute approximate surface area is 221 Å². The van der Waals surface area contributed by atoms with Crippen LogP contribution in [-0.4, -0.2) is 30.6 Å². The monoisotopic (exact) mass is 508 g/mol. The zero-order valence-corrected chi connectivity index (χ0v) is 21.7. The third-order valence-corrected chi connectivity index (χ3v) is 6.68. The molecule has 5 rings (SSSR count). The van der Waals surface area contributed by atoms with Gasteiger partial charge in [-0.05, 0) is 36.1 Å². The maximum atomic E-state index is 13.0. The number of H-pyrrole nitrogens is 1. The molecule has 0 aliphatic heterocycles. The molecule has 0 radical (unpaired) electrons. The predicted molar refractivity (Wildman–Crippen MR) is 152 cm³/mol. The number of hydrogen-bond acceptors (Lipinski definition) is 5. The van der Waals surface area contributed by atoms with Crippen molar-refractivity contribution in [2.45, 2.75) is 45.7 Å². The Kier molecular flexibility index (Phi) is 7.49. The molecule has 8 nitrogen and oxygen atoms in total. The summed E-state index contributed by atoms with van der Waals surface area (Å²) < 4.78 is 2.88. The molecule has 194 valence electrons. The van der Waals surface area contributed by atoms with Crippen molar-refractivity contribution >= 4 is 17.0 Å². The summed E-state index contributed by atoms with van der Waals surface area (Å²) in [5, 5.41) is 3.47. The van der Waals surface area contributed by atoms with E-state index in [9.17, 15) is 9.59 Å². The molecule has 3 aromatic heterocycles. The van der Waals surface area contributed by atoms with Gasteiger partial charge in [0.1, 0.15) is 17.2 Å². The van der Waals surface area contributed by atoms with Crippen molar-refractivity contribution in [1.29, 1.82) is 0 Å². The normalized spacial score (nSPS) is 11.3. The van der Waals surface area contributed by atoms with Gasteiger partial charge in [0.25, 0.3) is 5.56 Å². The zero-order valence-electron chi connectivity index (χ0n) is 21.7. The van der Waals surface area contributed by atoms with Gasteiger partial charge in [-0.25, -0.2) is 14.8 Å². The van der Waals surface area contributed by atoms with Gasteiger partial charge < -0.3 is 10.3 Å². The van der Waals surface area contributed by atoms with Crippen molar-refractivity contribution in [2.24, 2.45) is 0 Å². The van der Waals surface area contributed by atoms with Gasteiger partial charge in [0.2, 0.25) is 0 Å². The molecule has 0 fully saturated rings. The van der Waals surface area contributed by atoms with E-state index in [0.717, 1.165) is 17.8 Å². The van der Waals surface area contributed by atoms with Gasteiger partial charge >= 0.3 is 5.69 Å². The lowest BCUT2D eigenvalue weighted by molar-refractivity contribution is 0.555. The number of aryl methyl sites for hydroxylation is 1. The van der Waals surface area contributed by atoms with E-state index in [2.05, 4.69) is 68.8 Å². The van der Waals surface area contributed by atoms with Crippen LogP contribution in [0.3, 0.4) is 0 Å². The smallest absolute Gasteiger partial charge is 0.332 e. The van der Waals surface area contributed by atoms with Crippen LogP contribution in [0.4, 0.5) is 5.82 Å². The first-order valence-corrected chi connectivity index (χ1v) is 13.1. The lowest BCUT2D eigenvalue weighted by Gasteiger charge is -2.19. The second-order valence-electron chi connectivity index (χ2n) is 9.36. The van der Waals surface area contributed by atoms with E-state index in [1.165, 1.54) is 15.7 Å². The summed E-state index contributed by atoms with van der Waals surface area (Å²) in [7, 11) is 0. The van der Waals surface area contributed by atoms with Crippen molar-refractivity contribution < 1.29 is 0 Å². The van der Waals surface area contributed by atoms with Crippen LogP contribution in [-0.2, 0) is 13.1 Å². The number of aromatic amines is 1. The molecule has 0 bridgehead atoms. The maximum absolute atomic E-state index is 13.0. The van der Waals surface area contributed by atoms with Gasteiger partial charge in [-0.2, -0.15) is 0 Å². The molecule has 0 atom stereocenters. The van der Waals surface area contributed by atoms with Crippen molar-refractivity contribution in [3.8, 4) is 11.4 Å². The molecule has 2 aromatic carbocycles. The largest absolute Gasteiger partial charge is 0.369 e. The average Bonchev–Trinajstić information content (AvgIpc) is 3.41. The molecular weight excluding hydrogens is 476 g/mol. The third-order valence-electron chi connectivity index (χ3n) is 6.68. The molecule has 38 heavy (non-hydrogen) atoms. The topological polar surface area (TPSA) is 97.6 Å². The number of imidazole rings is 1. The number of hydrogen-bond donors (Lipinski definition) is 2. The highest BCUT2D eigenvalue weighted by atomic mass is 16.2. The number of benzene rings is 2. The summed E-state index contributed by atoms with van der Waals surface area (Å²) >= 11 is 0. The Morgan fingerprint density at radius 1 is 0.842 bits per heavy atom. The highest BCUT2D eigenvalue weighted by Crippen LogP contribution is 2.25. The molecular formula is C30H32N6O2. The Morgan fingerprint density at radius 2 is 1.47 bits per heavy atom. The van der Waals surface area contributed by atoms with Crippen molar-refractivity contribution in [3.63, 3.8) is 0 Å². The van der Waals surface area contributed by atoms with E-state index in [4.69, 9.17) is 0 Å². The van der Waals surface area contributed by atoms with Gasteiger partial charge in [-0.3, -0.25) is 13.9 Å². The minimum Gasteiger partial charge on any atom is -0.369 e. The van der Waals surface area contributed by atoms with Crippen LogP contribution in [0.2, 0.25) is 0 Å². The van der Waals surface area contributed by atoms with Crippen LogP contribution in [0, 0.1) is 0 Å². The van der Waals surface area contributed by atoms with Crippen molar-refractivity contribution in [3.05, 3.63) is 111 Å². The van der Waals surface area contributed by atoms with Crippen LogP contribution < -0.4 is 16.6 Å². The van der Waals surface area contributed by atoms with Crippen LogP contribution in [0.5, 0.6) is 0 Å². The lowest BCUT2D eigenvalue weighted by Crippen LogP contribution is -2.40. The number of pyridine rings is 1. The number of anilines is 1. The Bertz CT molecular complexity index is 1580. The Balaban J connectivity index is 1.41. The molecule has 0 amide bonds. The molecule has 0 unspecified atom stereocenters. The van der Waals surface area contributed by atoms with Gasteiger partial charge in [0, 0.05) is 37.3 Å². The minimum absolute atomic E-state index is 0.176. The van der Waals surface area contributed by atoms with Crippen LogP contribution in [0.25, 0.3) is 22.6 Å². The maximum Gasteiger partial charge on any atom is 0.332 e. The molecule has 0 aliphatic carbocycles. The minimum atomic E-state index is -0.336. The van der Waals surface area contributed by atoms with E-state index in [1.54, 1.807) is 10.8 Å². The summed E-state index contributed by atoms with van der Waals surface area (Å²) in [5.41, 5.74) is 3.29. The second-order valence-corrected chi connectivity index (χ2v) is 9.36. The quantitative estimate of drug-likeness (QED) is 0.276. The highest BCUT2D eigenvalue weighted by Gasteiger charge is 2.18. The number of nitrogens with zero attached hydrogens (tertiary/aromatic N) is 4. The van der Waals surface area contributed by atoms with E-state index < -0.39 is 0 Å². The standard InChI is InChI=1S/C30H32N6O2/c1-3-17-35-28-26(29(37)36(18-4-2)30(35)38)33-27(34-28)23-15-16-25(31-19-23)32-20-24(21-11-7-5-8-12-21)22-13-9-6-10-14-22/h5-16,19,24H,3-4,17-18,20H2,1-2H3,(H,31,32)(H,33,34). The number of fused-ring (bicyclic) bond motifs is 1. The summed E-state index contributed by atoms with van der Waals surface area (Å²) in [5.74, 6) is 1.44. The zero-order chi connectivity index (χ0) is 26.5. The summed E-state index contributed by atoms with van der Waals surface area (Å²) in [4.78, 5) is 38.4. The summed E-state index contributed by atoms with van der Waals surface area (Å²) in [6.07, 6.45) is 3.19.